The molecular formula is C15H19N4+. The molecule has 0 unspecified atom stereocenters. The maximum atomic E-state index is 4.28. The van der Waals surface area contributed by atoms with Crippen molar-refractivity contribution in [1.29, 1.82) is 0 Å². The van der Waals surface area contributed by atoms with Gasteiger partial charge < -0.3 is 5.32 Å². The summed E-state index contributed by atoms with van der Waals surface area (Å²) in [5.74, 6) is 2.87. The van der Waals surface area contributed by atoms with Gasteiger partial charge in [0.2, 0.25) is 0 Å². The van der Waals surface area contributed by atoms with Crippen LogP contribution in [0.15, 0.2) is 36.5 Å². The Hall–Kier alpha value is -1.68. The van der Waals surface area contributed by atoms with Crippen molar-refractivity contribution in [2.75, 3.05) is 6.54 Å². The number of quaternary nitrogens is 1. The lowest BCUT2D eigenvalue weighted by molar-refractivity contribution is -0.707. The van der Waals surface area contributed by atoms with Crippen LogP contribution in [0.5, 0.6) is 0 Å². The van der Waals surface area contributed by atoms with Gasteiger partial charge in [-0.05, 0) is 24.5 Å². The molecule has 4 nitrogen and oxygen atoms in total. The molecule has 98 valence electrons. The van der Waals surface area contributed by atoms with Crippen molar-refractivity contribution in [2.24, 2.45) is 11.8 Å². The number of pyridine rings is 1. The average Bonchev–Trinajstić information content (AvgIpc) is 2.99. The van der Waals surface area contributed by atoms with Crippen LogP contribution in [0.4, 0.5) is 0 Å². The average molecular weight is 255 g/mol. The molecule has 4 rings (SSSR count). The Bertz CT molecular complexity index is 615. The maximum Gasteiger partial charge on any atom is 0.160 e. The number of hydrogen-bond donors (Lipinski definition) is 1. The molecule has 0 bridgehead atoms. The Labute approximate surface area is 112 Å². The van der Waals surface area contributed by atoms with Crippen molar-refractivity contribution < 1.29 is 5.32 Å². The van der Waals surface area contributed by atoms with E-state index in [-0.39, 0.29) is 0 Å². The van der Waals surface area contributed by atoms with Gasteiger partial charge in [-0.2, -0.15) is 0 Å². The first-order valence-electron chi connectivity index (χ1n) is 7.20. The van der Waals surface area contributed by atoms with Gasteiger partial charge in [0.05, 0.1) is 19.0 Å². The summed E-state index contributed by atoms with van der Waals surface area (Å²) in [6, 6.07) is 6.84. The predicted octanol–water partition coefficient (Wildman–Crippen LogP) is 0.800. The second kappa shape index (κ2) is 4.46. The molecule has 2 aliphatic carbocycles. The molecule has 19 heavy (non-hydrogen) atoms. The van der Waals surface area contributed by atoms with Crippen LogP contribution >= 0.6 is 0 Å². The fourth-order valence-corrected chi connectivity index (χ4v) is 3.52. The molecule has 0 spiro atoms. The molecular weight excluding hydrogens is 236 g/mol. The number of aromatic nitrogens is 3. The third-order valence-corrected chi connectivity index (χ3v) is 4.63. The molecule has 2 heterocycles. The standard InChI is InChI=1S/C15H18N4/c1-2-9-19-14(6-1)17-18-15(19)7-8-16-13-10-11-4-3-5-12(11)13/h1-3,5-6,9,11-13,16H,4,7-8,10H2/p+1/t11-,12-,13+/m0/s1. The van der Waals surface area contributed by atoms with Crippen LogP contribution in [0.2, 0.25) is 0 Å². The zero-order chi connectivity index (χ0) is 12.7. The molecule has 0 radical (unpaired) electrons. The third kappa shape index (κ3) is 1.87. The molecule has 3 atom stereocenters. The van der Waals surface area contributed by atoms with Crippen LogP contribution in [-0.4, -0.2) is 27.2 Å². The Morgan fingerprint density at radius 1 is 1.32 bits per heavy atom. The second-order valence-electron chi connectivity index (χ2n) is 5.72. The summed E-state index contributed by atoms with van der Waals surface area (Å²) in [6.45, 7) is 1.11. The van der Waals surface area contributed by atoms with Gasteiger partial charge in [0.25, 0.3) is 0 Å². The molecule has 2 aliphatic rings. The lowest BCUT2D eigenvalue weighted by Gasteiger charge is -2.37. The third-order valence-electron chi connectivity index (χ3n) is 4.63. The largest absolute Gasteiger partial charge is 0.343 e. The molecule has 2 aromatic heterocycles. The van der Waals surface area contributed by atoms with Gasteiger partial charge >= 0.3 is 0 Å². The number of hydrogen-bond acceptors (Lipinski definition) is 2. The van der Waals surface area contributed by atoms with Crippen molar-refractivity contribution >= 4 is 5.65 Å². The summed E-state index contributed by atoms with van der Waals surface area (Å²) in [4.78, 5) is 0. The van der Waals surface area contributed by atoms with Gasteiger partial charge in [-0.3, -0.25) is 4.40 Å². The molecule has 2 N–H and O–H groups in total. The number of nitrogens with two attached hydrogens (primary N) is 1. The first kappa shape index (κ1) is 11.2. The Kier molecular flexibility index (Phi) is 2.62. The Morgan fingerprint density at radius 2 is 2.32 bits per heavy atom. The van der Waals surface area contributed by atoms with E-state index in [0.717, 1.165) is 42.3 Å². The van der Waals surface area contributed by atoms with Gasteiger partial charge in [0.15, 0.2) is 5.65 Å². The number of fused-ring (bicyclic) bond motifs is 2. The van der Waals surface area contributed by atoms with Crippen molar-refractivity contribution in [1.82, 2.24) is 14.6 Å². The number of rotatable bonds is 4. The monoisotopic (exact) mass is 255 g/mol. The first-order chi connectivity index (χ1) is 9.42. The number of allylic oxidation sites excluding steroid dienone is 1. The summed E-state index contributed by atoms with van der Waals surface area (Å²) >= 11 is 0. The SMILES string of the molecule is C1=C[C@H]2[C@@H](C1)C[C@H]2[NH2+]CCc1nnc2ccccn12. The zero-order valence-electron chi connectivity index (χ0n) is 10.9. The summed E-state index contributed by atoms with van der Waals surface area (Å²) < 4.78 is 2.09. The van der Waals surface area contributed by atoms with E-state index >= 15 is 0 Å². The van der Waals surface area contributed by atoms with E-state index in [4.69, 9.17) is 0 Å². The topological polar surface area (TPSA) is 46.8 Å². The number of nitrogens with zero attached hydrogens (tertiary/aromatic N) is 3. The Balaban J connectivity index is 1.36. The highest BCUT2D eigenvalue weighted by atomic mass is 15.2. The smallest absolute Gasteiger partial charge is 0.160 e. The molecule has 0 aromatic carbocycles. The van der Waals surface area contributed by atoms with Gasteiger partial charge in [-0.15, -0.1) is 10.2 Å². The summed E-state index contributed by atoms with van der Waals surface area (Å²) in [5.41, 5.74) is 0.944. The lowest BCUT2D eigenvalue weighted by Crippen LogP contribution is -2.94. The quantitative estimate of drug-likeness (QED) is 0.821. The maximum absolute atomic E-state index is 4.28. The van der Waals surface area contributed by atoms with Gasteiger partial charge in [-0.25, -0.2) is 0 Å². The molecule has 0 aliphatic heterocycles. The van der Waals surface area contributed by atoms with E-state index < -0.39 is 0 Å². The first-order valence-corrected chi connectivity index (χ1v) is 7.20. The van der Waals surface area contributed by atoms with E-state index in [1.54, 1.807) is 0 Å². The lowest BCUT2D eigenvalue weighted by atomic mass is 9.71. The highest BCUT2D eigenvalue weighted by Crippen LogP contribution is 2.40. The second-order valence-corrected chi connectivity index (χ2v) is 5.72. The van der Waals surface area contributed by atoms with Crippen LogP contribution in [0, 0.1) is 11.8 Å². The van der Waals surface area contributed by atoms with E-state index in [0.29, 0.717) is 0 Å². The van der Waals surface area contributed by atoms with Crippen LogP contribution < -0.4 is 5.32 Å². The van der Waals surface area contributed by atoms with E-state index in [9.17, 15) is 0 Å². The zero-order valence-corrected chi connectivity index (χ0v) is 10.9. The molecule has 0 amide bonds. The molecule has 0 saturated heterocycles. The van der Waals surface area contributed by atoms with Crippen LogP contribution in [0.25, 0.3) is 5.65 Å². The van der Waals surface area contributed by atoms with Crippen LogP contribution in [0.1, 0.15) is 18.7 Å². The van der Waals surface area contributed by atoms with Gasteiger partial charge in [0.1, 0.15) is 5.82 Å². The summed E-state index contributed by atoms with van der Waals surface area (Å²) in [6.07, 6.45) is 10.5. The minimum atomic E-state index is 0.808. The van der Waals surface area contributed by atoms with Crippen molar-refractivity contribution in [3.63, 3.8) is 0 Å². The minimum absolute atomic E-state index is 0.808. The molecule has 1 fully saturated rings. The summed E-state index contributed by atoms with van der Waals surface area (Å²) in [5, 5.41) is 11.0. The van der Waals surface area contributed by atoms with Crippen LogP contribution in [0.3, 0.4) is 0 Å². The highest BCUT2D eigenvalue weighted by Gasteiger charge is 2.43. The van der Waals surface area contributed by atoms with Gasteiger partial charge in [-0.1, -0.05) is 18.2 Å². The molecule has 2 aromatic rings. The molecule has 4 heteroatoms. The normalized spacial score (nSPS) is 28.5. The predicted molar refractivity (Wildman–Crippen MR) is 72.6 cm³/mol. The molecule has 1 saturated carbocycles. The van der Waals surface area contributed by atoms with Crippen molar-refractivity contribution in [2.45, 2.75) is 25.3 Å². The highest BCUT2D eigenvalue weighted by molar-refractivity contribution is 5.36. The van der Waals surface area contributed by atoms with Crippen molar-refractivity contribution in [3.05, 3.63) is 42.4 Å². The minimum Gasteiger partial charge on any atom is -0.343 e. The fraction of sp³-hybridized carbons (Fsp3) is 0.467. The fourth-order valence-electron chi connectivity index (χ4n) is 3.52. The van der Waals surface area contributed by atoms with Gasteiger partial charge in [0, 0.05) is 18.5 Å². The summed E-state index contributed by atoms with van der Waals surface area (Å²) in [7, 11) is 0. The van der Waals surface area contributed by atoms with E-state index in [1.165, 1.54) is 12.8 Å². The van der Waals surface area contributed by atoms with Crippen molar-refractivity contribution in [3.8, 4) is 0 Å². The Morgan fingerprint density at radius 3 is 3.26 bits per heavy atom. The van der Waals surface area contributed by atoms with Crippen LogP contribution in [-0.2, 0) is 6.42 Å². The van der Waals surface area contributed by atoms with E-state index in [1.807, 2.05) is 24.4 Å². The van der Waals surface area contributed by atoms with E-state index in [2.05, 4.69) is 32.1 Å².